The number of nitrogens with zero attached hydrogens (tertiary/aromatic N) is 2. The van der Waals surface area contributed by atoms with Crippen molar-refractivity contribution < 1.29 is 22.7 Å². The zero-order chi connectivity index (χ0) is 19.3. The Balaban J connectivity index is 1.50. The topological polar surface area (TPSA) is 88.2 Å². The van der Waals surface area contributed by atoms with Crippen LogP contribution in [0, 0.1) is 5.92 Å². The van der Waals surface area contributed by atoms with E-state index in [0.717, 1.165) is 11.3 Å². The second-order valence-electron chi connectivity index (χ2n) is 6.72. The van der Waals surface area contributed by atoms with Gasteiger partial charge in [-0.1, -0.05) is 18.2 Å². The third-order valence-corrected chi connectivity index (χ3v) is 7.13. The minimum absolute atomic E-state index is 0.0377. The quantitative estimate of drug-likeness (QED) is 0.760. The third-order valence-electron chi connectivity index (χ3n) is 5.09. The lowest BCUT2D eigenvalue weighted by Crippen LogP contribution is -2.51. The lowest BCUT2D eigenvalue weighted by atomic mass is 9.97. The van der Waals surface area contributed by atoms with Crippen LogP contribution >= 0.6 is 0 Å². The van der Waals surface area contributed by atoms with Crippen molar-refractivity contribution >= 4 is 16.1 Å². The van der Waals surface area contributed by atoms with Gasteiger partial charge in [0.2, 0.25) is 5.91 Å². The maximum Gasteiger partial charge on any atom is 0.282 e. The second-order valence-corrected chi connectivity index (χ2v) is 8.65. The van der Waals surface area contributed by atoms with Crippen LogP contribution in [0.25, 0.3) is 0 Å². The molecule has 1 amide bonds. The first kappa shape index (κ1) is 20.1. The number of carbonyl (C=O) groups is 1. The number of hydrogen-bond acceptors (Lipinski definition) is 5. The molecule has 150 valence electrons. The van der Waals surface area contributed by atoms with E-state index in [-0.39, 0.29) is 11.8 Å². The highest BCUT2D eigenvalue weighted by atomic mass is 32.2. The number of ether oxygens (including phenoxy) is 2. The Labute approximate surface area is 160 Å². The Morgan fingerprint density at radius 3 is 2.44 bits per heavy atom. The van der Waals surface area contributed by atoms with E-state index in [1.165, 1.54) is 8.61 Å². The van der Waals surface area contributed by atoms with E-state index in [2.05, 4.69) is 5.32 Å². The molecule has 1 aromatic rings. The lowest BCUT2D eigenvalue weighted by Gasteiger charge is -2.35. The summed E-state index contributed by atoms with van der Waals surface area (Å²) in [6.45, 7) is 2.78. The Morgan fingerprint density at radius 2 is 1.78 bits per heavy atom. The highest BCUT2D eigenvalue weighted by molar-refractivity contribution is 7.86. The molecule has 2 saturated heterocycles. The summed E-state index contributed by atoms with van der Waals surface area (Å²) < 4.78 is 38.8. The van der Waals surface area contributed by atoms with Gasteiger partial charge in [0.25, 0.3) is 10.2 Å². The van der Waals surface area contributed by atoms with E-state index < -0.39 is 10.2 Å². The van der Waals surface area contributed by atoms with Crippen molar-refractivity contribution in [3.8, 4) is 5.75 Å². The van der Waals surface area contributed by atoms with E-state index in [4.69, 9.17) is 9.47 Å². The summed E-state index contributed by atoms with van der Waals surface area (Å²) in [5, 5.41) is 2.95. The van der Waals surface area contributed by atoms with Crippen LogP contribution in [0.3, 0.4) is 0 Å². The Morgan fingerprint density at radius 1 is 1.15 bits per heavy atom. The van der Waals surface area contributed by atoms with Gasteiger partial charge < -0.3 is 14.8 Å². The number of nitrogens with one attached hydrogen (secondary N) is 1. The van der Waals surface area contributed by atoms with Crippen molar-refractivity contribution in [3.63, 3.8) is 0 Å². The molecule has 2 heterocycles. The van der Waals surface area contributed by atoms with Crippen molar-refractivity contribution in [1.29, 1.82) is 0 Å². The van der Waals surface area contributed by atoms with Gasteiger partial charge >= 0.3 is 0 Å². The van der Waals surface area contributed by atoms with Gasteiger partial charge in [0.1, 0.15) is 5.75 Å². The van der Waals surface area contributed by atoms with E-state index in [0.29, 0.717) is 58.8 Å². The van der Waals surface area contributed by atoms with Crippen molar-refractivity contribution in [2.45, 2.75) is 19.4 Å². The minimum atomic E-state index is -3.46. The van der Waals surface area contributed by atoms with Crippen LogP contribution in [0.2, 0.25) is 0 Å². The van der Waals surface area contributed by atoms with Gasteiger partial charge in [0.15, 0.2) is 0 Å². The molecule has 27 heavy (non-hydrogen) atoms. The average Bonchev–Trinajstić information content (AvgIpc) is 2.73. The summed E-state index contributed by atoms with van der Waals surface area (Å²) in [5.41, 5.74) is 0.917. The average molecular weight is 397 g/mol. The molecule has 0 atom stereocenters. The molecule has 3 rings (SSSR count). The molecule has 8 nitrogen and oxygen atoms in total. The fourth-order valence-electron chi connectivity index (χ4n) is 3.47. The van der Waals surface area contributed by atoms with E-state index >= 15 is 0 Å². The van der Waals surface area contributed by atoms with Crippen LogP contribution < -0.4 is 10.1 Å². The van der Waals surface area contributed by atoms with Crippen LogP contribution in [0.1, 0.15) is 18.4 Å². The molecule has 0 bridgehead atoms. The van der Waals surface area contributed by atoms with Gasteiger partial charge in [-0.3, -0.25) is 4.79 Å². The molecule has 0 spiro atoms. The van der Waals surface area contributed by atoms with Gasteiger partial charge in [-0.25, -0.2) is 0 Å². The van der Waals surface area contributed by atoms with Crippen LogP contribution in [0.15, 0.2) is 24.3 Å². The van der Waals surface area contributed by atoms with Crippen molar-refractivity contribution in [3.05, 3.63) is 29.8 Å². The van der Waals surface area contributed by atoms with Crippen molar-refractivity contribution in [1.82, 2.24) is 13.9 Å². The van der Waals surface area contributed by atoms with Gasteiger partial charge in [0, 0.05) is 44.2 Å². The highest BCUT2D eigenvalue weighted by Gasteiger charge is 2.35. The van der Waals surface area contributed by atoms with E-state index in [1.807, 2.05) is 24.3 Å². The molecule has 0 saturated carbocycles. The van der Waals surface area contributed by atoms with Crippen LogP contribution in [-0.2, 0) is 26.3 Å². The molecular weight excluding hydrogens is 370 g/mol. The summed E-state index contributed by atoms with van der Waals surface area (Å²) in [5.74, 6) is 0.532. The molecule has 2 aliphatic heterocycles. The molecule has 0 radical (unpaired) electrons. The first-order chi connectivity index (χ1) is 13.0. The number of morpholine rings is 1. The number of piperidine rings is 1. The third kappa shape index (κ3) is 4.78. The Kier molecular flexibility index (Phi) is 6.69. The molecule has 2 fully saturated rings. The Hall–Kier alpha value is -1.68. The number of carbonyl (C=O) groups excluding carboxylic acids is 1. The first-order valence-electron chi connectivity index (χ1n) is 9.25. The number of rotatable bonds is 6. The lowest BCUT2D eigenvalue weighted by molar-refractivity contribution is -0.126. The maximum absolute atomic E-state index is 12.7. The zero-order valence-electron chi connectivity index (χ0n) is 15.6. The molecule has 1 N–H and O–H groups in total. The minimum Gasteiger partial charge on any atom is -0.496 e. The molecule has 9 heteroatoms. The van der Waals surface area contributed by atoms with Gasteiger partial charge in [0.05, 0.1) is 20.3 Å². The summed E-state index contributed by atoms with van der Waals surface area (Å²) in [7, 11) is -1.86. The summed E-state index contributed by atoms with van der Waals surface area (Å²) in [4.78, 5) is 12.5. The predicted octanol–water partition coefficient (Wildman–Crippen LogP) is 0.600. The highest BCUT2D eigenvalue weighted by Crippen LogP contribution is 2.23. The zero-order valence-corrected chi connectivity index (χ0v) is 16.4. The van der Waals surface area contributed by atoms with Crippen LogP contribution in [-0.4, -0.2) is 69.4 Å². The largest absolute Gasteiger partial charge is 0.496 e. The fourth-order valence-corrected chi connectivity index (χ4v) is 5.07. The van der Waals surface area contributed by atoms with E-state index in [1.54, 1.807) is 7.11 Å². The molecule has 0 aromatic heterocycles. The maximum atomic E-state index is 12.7. The Bertz CT molecular complexity index is 741. The van der Waals surface area contributed by atoms with Crippen LogP contribution in [0.5, 0.6) is 5.75 Å². The number of methoxy groups -OCH3 is 1. The molecule has 0 unspecified atom stereocenters. The summed E-state index contributed by atoms with van der Waals surface area (Å²) in [6, 6.07) is 7.56. The first-order valence-corrected chi connectivity index (χ1v) is 10.6. The van der Waals surface area contributed by atoms with Gasteiger partial charge in [-0.2, -0.15) is 17.0 Å². The normalized spacial score (nSPS) is 20.3. The van der Waals surface area contributed by atoms with Crippen LogP contribution in [0.4, 0.5) is 0 Å². The molecular formula is C18H27N3O5S. The fraction of sp³-hybridized carbons (Fsp3) is 0.611. The summed E-state index contributed by atoms with van der Waals surface area (Å²) in [6.07, 6.45) is 1.06. The standard InChI is InChI=1S/C18H27N3O5S/c1-25-17-5-3-2-4-16(17)14-19-18(22)15-6-8-20(9-7-15)27(23,24)21-10-12-26-13-11-21/h2-5,15H,6-14H2,1H3,(H,19,22). The molecule has 0 aliphatic carbocycles. The number of amides is 1. The number of benzene rings is 1. The van der Waals surface area contributed by atoms with Crippen molar-refractivity contribution in [2.75, 3.05) is 46.5 Å². The SMILES string of the molecule is COc1ccccc1CNC(=O)C1CCN(S(=O)(=O)N2CCOCC2)CC1. The van der Waals surface area contributed by atoms with E-state index in [9.17, 15) is 13.2 Å². The summed E-state index contributed by atoms with van der Waals surface area (Å²) >= 11 is 0. The number of hydrogen-bond donors (Lipinski definition) is 1. The monoisotopic (exact) mass is 397 g/mol. The van der Waals surface area contributed by atoms with Gasteiger partial charge in [-0.15, -0.1) is 0 Å². The second kappa shape index (κ2) is 9.01. The van der Waals surface area contributed by atoms with Crippen molar-refractivity contribution in [2.24, 2.45) is 5.92 Å². The predicted molar refractivity (Wildman–Crippen MR) is 100 cm³/mol. The smallest absolute Gasteiger partial charge is 0.282 e. The number of para-hydroxylation sites is 1. The molecule has 2 aliphatic rings. The molecule has 1 aromatic carbocycles. The van der Waals surface area contributed by atoms with Gasteiger partial charge in [-0.05, 0) is 18.9 Å².